The van der Waals surface area contributed by atoms with Gasteiger partial charge < -0.3 is 0 Å². The molecule has 0 radical (unpaired) electrons. The van der Waals surface area contributed by atoms with Gasteiger partial charge >= 0.3 is 0 Å². The standard InChI is InChI=1S/C22H23FN8/c23-19-5-3-16(4-6-19)13-31-21(26-28-29-31)15-30-11-1-2-18(14-30)22-20(12-25-27-22)17-7-9-24-10-8-17/h3-10,12,18H,1-2,11,13-15H2,(H,25,27)/t18-/m1/s1. The first kappa shape index (κ1) is 19.5. The summed E-state index contributed by atoms with van der Waals surface area (Å²) in [5.41, 5.74) is 4.39. The molecule has 5 rings (SSSR count). The van der Waals surface area contributed by atoms with E-state index in [2.05, 4.69) is 35.6 Å². The Labute approximate surface area is 179 Å². The minimum absolute atomic E-state index is 0.245. The maximum Gasteiger partial charge on any atom is 0.165 e. The molecule has 4 aromatic rings. The highest BCUT2D eigenvalue weighted by Gasteiger charge is 2.26. The van der Waals surface area contributed by atoms with E-state index in [1.165, 1.54) is 17.8 Å². The highest BCUT2D eigenvalue weighted by atomic mass is 19.1. The summed E-state index contributed by atoms with van der Waals surface area (Å²) in [4.78, 5) is 6.50. The van der Waals surface area contributed by atoms with E-state index in [1.54, 1.807) is 29.2 Å². The number of halogens is 1. The minimum atomic E-state index is -0.245. The number of hydrogen-bond acceptors (Lipinski definition) is 6. The first-order valence-corrected chi connectivity index (χ1v) is 10.4. The summed E-state index contributed by atoms with van der Waals surface area (Å²) < 4.78 is 15.0. The Balaban J connectivity index is 1.29. The smallest absolute Gasteiger partial charge is 0.165 e. The summed E-state index contributed by atoms with van der Waals surface area (Å²) in [6.07, 6.45) is 7.71. The molecule has 0 saturated carbocycles. The van der Waals surface area contributed by atoms with Crippen LogP contribution in [0.3, 0.4) is 0 Å². The first-order chi connectivity index (χ1) is 15.3. The molecule has 4 heterocycles. The van der Waals surface area contributed by atoms with Crippen molar-refractivity contribution < 1.29 is 4.39 Å². The second-order valence-electron chi connectivity index (χ2n) is 7.89. The lowest BCUT2D eigenvalue weighted by atomic mass is 9.91. The molecule has 158 valence electrons. The molecule has 0 aliphatic carbocycles. The first-order valence-electron chi connectivity index (χ1n) is 10.4. The Morgan fingerprint density at radius 3 is 2.74 bits per heavy atom. The van der Waals surface area contributed by atoms with Crippen LogP contribution >= 0.6 is 0 Å². The van der Waals surface area contributed by atoms with Crippen LogP contribution in [0.5, 0.6) is 0 Å². The van der Waals surface area contributed by atoms with Crippen LogP contribution in [0, 0.1) is 5.82 Å². The third kappa shape index (κ3) is 4.36. The average molecular weight is 418 g/mol. The van der Waals surface area contributed by atoms with E-state index >= 15 is 0 Å². The van der Waals surface area contributed by atoms with Crippen molar-refractivity contribution in [2.45, 2.75) is 31.8 Å². The number of benzene rings is 1. The van der Waals surface area contributed by atoms with Crippen LogP contribution in [0.15, 0.2) is 55.0 Å². The topological polar surface area (TPSA) is 88.4 Å². The fourth-order valence-electron chi connectivity index (χ4n) is 4.23. The van der Waals surface area contributed by atoms with Gasteiger partial charge in [-0.15, -0.1) is 5.10 Å². The zero-order chi connectivity index (χ0) is 21.0. The van der Waals surface area contributed by atoms with Crippen molar-refractivity contribution >= 4 is 0 Å². The van der Waals surface area contributed by atoms with Gasteiger partial charge in [-0.25, -0.2) is 9.07 Å². The van der Waals surface area contributed by atoms with Crippen LogP contribution in [-0.4, -0.2) is 53.4 Å². The molecule has 9 heteroatoms. The molecule has 1 fully saturated rings. The number of H-pyrrole nitrogens is 1. The quantitative estimate of drug-likeness (QED) is 0.518. The number of rotatable bonds is 6. The molecule has 1 aliphatic heterocycles. The van der Waals surface area contributed by atoms with E-state index in [-0.39, 0.29) is 5.82 Å². The van der Waals surface area contributed by atoms with E-state index in [1.807, 2.05) is 18.3 Å². The zero-order valence-corrected chi connectivity index (χ0v) is 17.0. The number of nitrogens with zero attached hydrogens (tertiary/aromatic N) is 7. The molecule has 0 spiro atoms. The summed E-state index contributed by atoms with van der Waals surface area (Å²) in [7, 11) is 0. The van der Waals surface area contributed by atoms with Crippen molar-refractivity contribution in [2.75, 3.05) is 13.1 Å². The van der Waals surface area contributed by atoms with Gasteiger partial charge in [0, 0.05) is 36.1 Å². The summed E-state index contributed by atoms with van der Waals surface area (Å²) in [6, 6.07) is 10.5. The van der Waals surface area contributed by atoms with Gasteiger partial charge in [-0.1, -0.05) is 12.1 Å². The van der Waals surface area contributed by atoms with Gasteiger partial charge in [0.05, 0.1) is 19.3 Å². The maximum absolute atomic E-state index is 13.2. The van der Waals surface area contributed by atoms with Crippen LogP contribution in [0.25, 0.3) is 11.1 Å². The second-order valence-corrected chi connectivity index (χ2v) is 7.89. The third-order valence-electron chi connectivity index (χ3n) is 5.79. The molecule has 1 atom stereocenters. The summed E-state index contributed by atoms with van der Waals surface area (Å²) in [6.45, 7) is 3.10. The molecule has 1 saturated heterocycles. The third-order valence-corrected chi connectivity index (χ3v) is 5.79. The number of aromatic nitrogens is 7. The van der Waals surface area contributed by atoms with Crippen molar-refractivity contribution in [2.24, 2.45) is 0 Å². The van der Waals surface area contributed by atoms with E-state index in [0.29, 0.717) is 19.0 Å². The molecular formula is C22H23FN8. The Morgan fingerprint density at radius 1 is 1.06 bits per heavy atom. The van der Waals surface area contributed by atoms with E-state index in [4.69, 9.17) is 0 Å². The number of hydrogen-bond donors (Lipinski definition) is 1. The van der Waals surface area contributed by atoms with Crippen LogP contribution in [0.4, 0.5) is 4.39 Å². The fraction of sp³-hybridized carbons (Fsp3) is 0.318. The van der Waals surface area contributed by atoms with Gasteiger partial charge in [-0.2, -0.15) is 5.10 Å². The normalized spacial score (nSPS) is 17.1. The molecule has 0 amide bonds. The molecule has 1 N–H and O–H groups in total. The van der Waals surface area contributed by atoms with Crippen molar-refractivity contribution in [1.82, 2.24) is 40.3 Å². The number of pyridine rings is 1. The molecule has 1 aromatic carbocycles. The SMILES string of the molecule is Fc1ccc(Cn2nnnc2CN2CCC[C@@H](c3[nH]ncc3-c3ccncc3)C2)cc1. The Morgan fingerprint density at radius 2 is 1.90 bits per heavy atom. The molecule has 3 aromatic heterocycles. The molecule has 8 nitrogen and oxygen atoms in total. The van der Waals surface area contributed by atoms with E-state index in [9.17, 15) is 4.39 Å². The van der Waals surface area contributed by atoms with Gasteiger partial charge in [0.25, 0.3) is 0 Å². The lowest BCUT2D eigenvalue weighted by molar-refractivity contribution is 0.191. The maximum atomic E-state index is 13.2. The number of likely N-dealkylation sites (tertiary alicyclic amines) is 1. The van der Waals surface area contributed by atoms with Gasteiger partial charge in [-0.05, 0) is 65.2 Å². The Hall–Kier alpha value is -3.46. The largest absolute Gasteiger partial charge is 0.295 e. The molecular weight excluding hydrogens is 395 g/mol. The van der Waals surface area contributed by atoms with Gasteiger partial charge in [0.1, 0.15) is 5.82 Å². The van der Waals surface area contributed by atoms with Crippen LogP contribution in [-0.2, 0) is 13.1 Å². The van der Waals surface area contributed by atoms with Crippen molar-refractivity contribution in [3.05, 3.63) is 77.9 Å². The highest BCUT2D eigenvalue weighted by molar-refractivity contribution is 5.65. The Kier molecular flexibility index (Phi) is 5.49. The molecule has 0 unspecified atom stereocenters. The van der Waals surface area contributed by atoms with Crippen molar-refractivity contribution in [3.63, 3.8) is 0 Å². The average Bonchev–Trinajstić information content (AvgIpc) is 3.46. The monoisotopic (exact) mass is 418 g/mol. The summed E-state index contributed by atoms with van der Waals surface area (Å²) in [5.74, 6) is 0.926. The molecule has 31 heavy (non-hydrogen) atoms. The minimum Gasteiger partial charge on any atom is -0.295 e. The predicted molar refractivity (Wildman–Crippen MR) is 112 cm³/mol. The van der Waals surface area contributed by atoms with Crippen LogP contribution in [0.1, 0.15) is 35.8 Å². The summed E-state index contributed by atoms with van der Waals surface area (Å²) >= 11 is 0. The number of piperidine rings is 1. The van der Waals surface area contributed by atoms with E-state index in [0.717, 1.165) is 48.4 Å². The lowest BCUT2D eigenvalue weighted by Gasteiger charge is -2.32. The van der Waals surface area contributed by atoms with Gasteiger partial charge in [0.15, 0.2) is 5.82 Å². The molecule has 0 bridgehead atoms. The number of tetrazole rings is 1. The van der Waals surface area contributed by atoms with Crippen LogP contribution < -0.4 is 0 Å². The van der Waals surface area contributed by atoms with Crippen molar-refractivity contribution in [1.29, 1.82) is 0 Å². The van der Waals surface area contributed by atoms with E-state index < -0.39 is 0 Å². The lowest BCUT2D eigenvalue weighted by Crippen LogP contribution is -2.35. The molecule has 1 aliphatic rings. The fourth-order valence-corrected chi connectivity index (χ4v) is 4.23. The predicted octanol–water partition coefficient (Wildman–Crippen LogP) is 3.03. The van der Waals surface area contributed by atoms with Gasteiger partial charge in [-0.3, -0.25) is 15.0 Å². The zero-order valence-electron chi connectivity index (χ0n) is 17.0. The Bertz CT molecular complexity index is 1120. The number of aromatic amines is 1. The van der Waals surface area contributed by atoms with Gasteiger partial charge in [0.2, 0.25) is 0 Å². The number of nitrogens with one attached hydrogen (secondary N) is 1. The van der Waals surface area contributed by atoms with Crippen molar-refractivity contribution in [3.8, 4) is 11.1 Å². The second kappa shape index (κ2) is 8.73. The summed E-state index contributed by atoms with van der Waals surface area (Å²) in [5, 5.41) is 19.8. The highest BCUT2D eigenvalue weighted by Crippen LogP contribution is 2.33. The van der Waals surface area contributed by atoms with Crippen LogP contribution in [0.2, 0.25) is 0 Å².